The van der Waals surface area contributed by atoms with Crippen LogP contribution in [-0.2, 0) is 24.6 Å². The third-order valence-electron chi connectivity index (χ3n) is 3.99. The minimum atomic E-state index is -3.14. The van der Waals surface area contributed by atoms with Gasteiger partial charge >= 0.3 is 13.6 Å². The molecule has 23 heavy (non-hydrogen) atoms. The molecule has 128 valence electrons. The molecule has 0 aliphatic heterocycles. The molecular formula is C17H25O5P. The molecule has 1 aliphatic carbocycles. The number of benzene rings is 1. The molecule has 0 bridgehead atoms. The summed E-state index contributed by atoms with van der Waals surface area (Å²) in [6, 6.07) is 7.70. The van der Waals surface area contributed by atoms with Crippen molar-refractivity contribution in [3.63, 3.8) is 0 Å². The van der Waals surface area contributed by atoms with Gasteiger partial charge in [-0.3, -0.25) is 9.36 Å². The minimum Gasteiger partial charge on any atom is -0.481 e. The maximum absolute atomic E-state index is 12.6. The molecule has 1 N–H and O–H groups in total. The molecule has 1 aromatic carbocycles. The molecule has 1 aliphatic rings. The molecule has 2 rings (SSSR count). The highest BCUT2D eigenvalue weighted by atomic mass is 31.2. The Labute approximate surface area is 137 Å². The van der Waals surface area contributed by atoms with Gasteiger partial charge in [-0.05, 0) is 49.7 Å². The van der Waals surface area contributed by atoms with Gasteiger partial charge in [-0.15, -0.1) is 0 Å². The van der Waals surface area contributed by atoms with Crippen LogP contribution >= 0.6 is 7.60 Å². The summed E-state index contributed by atoms with van der Waals surface area (Å²) in [7, 11) is -3.14. The van der Waals surface area contributed by atoms with Crippen molar-refractivity contribution in [1.82, 2.24) is 0 Å². The molecular weight excluding hydrogens is 315 g/mol. The summed E-state index contributed by atoms with van der Waals surface area (Å²) in [5.74, 6) is -0.292. The molecule has 0 spiro atoms. The Morgan fingerprint density at radius 3 is 2.48 bits per heavy atom. The molecule has 5 nitrogen and oxygen atoms in total. The van der Waals surface area contributed by atoms with Crippen molar-refractivity contribution in [3.8, 4) is 0 Å². The minimum absolute atomic E-state index is 0.0334. The number of carboxylic acid groups (broad SMARTS) is 1. The van der Waals surface area contributed by atoms with Crippen molar-refractivity contribution < 1.29 is 23.5 Å². The smallest absolute Gasteiger partial charge is 0.335 e. The molecule has 0 amide bonds. The molecule has 1 saturated carbocycles. The summed E-state index contributed by atoms with van der Waals surface area (Å²) in [4.78, 5) is 11.1. The summed E-state index contributed by atoms with van der Waals surface area (Å²) >= 11 is 0. The summed E-state index contributed by atoms with van der Waals surface area (Å²) in [6.45, 7) is 4.25. The SMILES string of the molecule is CCOP(=O)(Cc1cccc(C(CC(=O)O)C2CC2)c1)OCC. The van der Waals surface area contributed by atoms with E-state index in [1.165, 1.54) is 0 Å². The Balaban J connectivity index is 2.17. The van der Waals surface area contributed by atoms with E-state index in [2.05, 4.69) is 0 Å². The predicted molar refractivity (Wildman–Crippen MR) is 88.7 cm³/mol. The summed E-state index contributed by atoms with van der Waals surface area (Å²) in [5.41, 5.74) is 1.87. The average Bonchev–Trinajstić information content (AvgIpc) is 3.29. The second kappa shape index (κ2) is 8.09. The molecule has 0 saturated heterocycles. The number of carbonyl (C=O) groups is 1. The van der Waals surface area contributed by atoms with Gasteiger partial charge in [0.1, 0.15) is 0 Å². The number of carboxylic acids is 1. The highest BCUT2D eigenvalue weighted by Gasteiger charge is 2.34. The van der Waals surface area contributed by atoms with Crippen molar-refractivity contribution in [2.24, 2.45) is 5.92 Å². The third kappa shape index (κ3) is 5.45. The third-order valence-corrected chi connectivity index (χ3v) is 6.05. The standard InChI is InChI=1S/C17H25O5P/c1-3-21-23(20,22-4-2)12-13-6-5-7-15(10-13)16(11-17(18)19)14-8-9-14/h5-7,10,14,16H,3-4,8-9,11-12H2,1-2H3,(H,18,19). The molecule has 6 heteroatoms. The van der Waals surface area contributed by atoms with Crippen LogP contribution in [0.25, 0.3) is 0 Å². The van der Waals surface area contributed by atoms with Gasteiger partial charge in [-0.25, -0.2) is 0 Å². The highest BCUT2D eigenvalue weighted by molar-refractivity contribution is 7.53. The zero-order valence-corrected chi connectivity index (χ0v) is 14.6. The first-order chi connectivity index (χ1) is 11.0. The zero-order chi connectivity index (χ0) is 16.9. The highest BCUT2D eigenvalue weighted by Crippen LogP contribution is 2.52. The van der Waals surface area contributed by atoms with E-state index in [4.69, 9.17) is 14.2 Å². The van der Waals surface area contributed by atoms with Crippen LogP contribution in [-0.4, -0.2) is 24.3 Å². The Bertz CT molecular complexity index is 572. The lowest BCUT2D eigenvalue weighted by Gasteiger charge is -2.19. The van der Waals surface area contributed by atoms with E-state index in [-0.39, 0.29) is 18.5 Å². The van der Waals surface area contributed by atoms with Gasteiger partial charge in [-0.2, -0.15) is 0 Å². The van der Waals surface area contributed by atoms with Crippen molar-refractivity contribution >= 4 is 13.6 Å². The van der Waals surface area contributed by atoms with Crippen LogP contribution in [0.4, 0.5) is 0 Å². The van der Waals surface area contributed by atoms with Crippen molar-refractivity contribution in [3.05, 3.63) is 35.4 Å². The Morgan fingerprint density at radius 1 is 1.30 bits per heavy atom. The van der Waals surface area contributed by atoms with E-state index in [1.807, 2.05) is 24.3 Å². The Hall–Kier alpha value is -1.16. The van der Waals surface area contributed by atoms with Gasteiger partial charge in [0.15, 0.2) is 0 Å². The van der Waals surface area contributed by atoms with Gasteiger partial charge in [0.05, 0.1) is 25.8 Å². The molecule has 1 unspecified atom stereocenters. The van der Waals surface area contributed by atoms with E-state index in [0.717, 1.165) is 24.0 Å². The molecule has 0 radical (unpaired) electrons. The molecule has 0 heterocycles. The average molecular weight is 340 g/mol. The zero-order valence-electron chi connectivity index (χ0n) is 13.7. The monoisotopic (exact) mass is 340 g/mol. The van der Waals surface area contributed by atoms with Crippen molar-refractivity contribution in [1.29, 1.82) is 0 Å². The Morgan fingerprint density at radius 2 is 1.96 bits per heavy atom. The summed E-state index contributed by atoms with van der Waals surface area (Å²) < 4.78 is 23.3. The maximum Gasteiger partial charge on any atom is 0.335 e. The van der Waals surface area contributed by atoms with Crippen LogP contribution in [0, 0.1) is 5.92 Å². The van der Waals surface area contributed by atoms with E-state index < -0.39 is 13.6 Å². The summed E-state index contributed by atoms with van der Waals surface area (Å²) in [6.07, 6.45) is 2.52. The second-order valence-corrected chi connectivity index (χ2v) is 7.95. The number of rotatable bonds is 10. The molecule has 1 aromatic rings. The van der Waals surface area contributed by atoms with Crippen molar-refractivity contribution in [2.45, 2.75) is 45.2 Å². The largest absolute Gasteiger partial charge is 0.481 e. The van der Waals surface area contributed by atoms with E-state index in [0.29, 0.717) is 19.1 Å². The lowest BCUT2D eigenvalue weighted by molar-refractivity contribution is -0.137. The van der Waals surface area contributed by atoms with Crippen LogP contribution in [0.1, 0.15) is 50.2 Å². The number of hydrogen-bond donors (Lipinski definition) is 1. The molecule has 1 fully saturated rings. The first-order valence-corrected chi connectivity index (χ1v) is 9.89. The van der Waals surface area contributed by atoms with Gasteiger partial charge in [-0.1, -0.05) is 24.3 Å². The second-order valence-electron chi connectivity index (χ2n) is 5.89. The van der Waals surface area contributed by atoms with Crippen LogP contribution in [0.2, 0.25) is 0 Å². The fourth-order valence-electron chi connectivity index (χ4n) is 2.91. The van der Waals surface area contributed by atoms with Crippen LogP contribution in [0.3, 0.4) is 0 Å². The lowest BCUT2D eigenvalue weighted by Crippen LogP contribution is -2.09. The predicted octanol–water partition coefficient (Wildman–Crippen LogP) is 4.42. The van der Waals surface area contributed by atoms with Gasteiger partial charge in [0, 0.05) is 0 Å². The number of hydrogen-bond acceptors (Lipinski definition) is 4. The Kier molecular flexibility index (Phi) is 6.40. The van der Waals surface area contributed by atoms with E-state index >= 15 is 0 Å². The fourth-order valence-corrected chi connectivity index (χ4v) is 4.60. The van der Waals surface area contributed by atoms with Crippen LogP contribution in [0.15, 0.2) is 24.3 Å². The van der Waals surface area contributed by atoms with Gasteiger partial charge in [0.25, 0.3) is 0 Å². The molecule has 1 atom stereocenters. The van der Waals surface area contributed by atoms with Gasteiger partial charge in [0.2, 0.25) is 0 Å². The first kappa shape index (κ1) is 18.2. The number of aliphatic carboxylic acids is 1. The van der Waals surface area contributed by atoms with Crippen LogP contribution < -0.4 is 0 Å². The van der Waals surface area contributed by atoms with Crippen molar-refractivity contribution in [2.75, 3.05) is 13.2 Å². The quantitative estimate of drug-likeness (QED) is 0.638. The lowest BCUT2D eigenvalue weighted by atomic mass is 9.90. The maximum atomic E-state index is 12.6. The fraction of sp³-hybridized carbons (Fsp3) is 0.588. The topological polar surface area (TPSA) is 72.8 Å². The normalized spacial score (nSPS) is 16.3. The molecule has 0 aromatic heterocycles. The van der Waals surface area contributed by atoms with Crippen LogP contribution in [0.5, 0.6) is 0 Å². The van der Waals surface area contributed by atoms with Gasteiger partial charge < -0.3 is 14.2 Å². The first-order valence-electron chi connectivity index (χ1n) is 8.16. The van der Waals surface area contributed by atoms with E-state index in [1.54, 1.807) is 13.8 Å². The van der Waals surface area contributed by atoms with E-state index in [9.17, 15) is 9.36 Å². The summed E-state index contributed by atoms with van der Waals surface area (Å²) in [5, 5.41) is 9.13.